The van der Waals surface area contributed by atoms with Crippen LogP contribution in [0.15, 0.2) is 24.3 Å². The second-order valence-corrected chi connectivity index (χ2v) is 5.83. The maximum Gasteiger partial charge on any atom is 0.416 e. The van der Waals surface area contributed by atoms with Gasteiger partial charge in [-0.05, 0) is 37.0 Å². The molecule has 0 aromatic heterocycles. The summed E-state index contributed by atoms with van der Waals surface area (Å²) in [6.07, 6.45) is -4.11. The Morgan fingerprint density at radius 2 is 1.74 bits per heavy atom. The topological polar surface area (TPSA) is 101 Å². The van der Waals surface area contributed by atoms with E-state index >= 15 is 0 Å². The van der Waals surface area contributed by atoms with Crippen LogP contribution >= 0.6 is 0 Å². The molecule has 8 heteroatoms. The second-order valence-electron chi connectivity index (χ2n) is 5.83. The van der Waals surface area contributed by atoms with Crippen LogP contribution in [0.25, 0.3) is 0 Å². The van der Waals surface area contributed by atoms with Gasteiger partial charge >= 0.3 is 18.1 Å². The Bertz CT molecular complexity index is 614. The van der Waals surface area contributed by atoms with E-state index in [1.165, 1.54) is 12.1 Å². The van der Waals surface area contributed by atoms with Crippen LogP contribution in [0.2, 0.25) is 0 Å². The first-order valence-electron chi connectivity index (χ1n) is 6.97. The maximum absolute atomic E-state index is 12.5. The van der Waals surface area contributed by atoms with Crippen molar-refractivity contribution >= 4 is 11.9 Å². The van der Waals surface area contributed by atoms with Crippen molar-refractivity contribution in [3.8, 4) is 0 Å². The molecule has 1 aromatic rings. The number of rotatable bonds is 6. The van der Waals surface area contributed by atoms with Crippen LogP contribution in [0.4, 0.5) is 13.2 Å². The van der Waals surface area contributed by atoms with Crippen molar-refractivity contribution in [3.05, 3.63) is 35.4 Å². The Morgan fingerprint density at radius 1 is 1.17 bits per heavy atom. The summed E-state index contributed by atoms with van der Waals surface area (Å²) in [6.45, 7) is 0. The molecule has 0 heterocycles. The van der Waals surface area contributed by atoms with E-state index in [1.54, 1.807) is 0 Å². The highest BCUT2D eigenvalue weighted by Gasteiger charge is 2.58. The number of hydrogen-bond donors (Lipinski definition) is 3. The van der Waals surface area contributed by atoms with Crippen LogP contribution in [0.3, 0.4) is 0 Å². The number of carboxylic acids is 2. The van der Waals surface area contributed by atoms with Gasteiger partial charge in [0.25, 0.3) is 0 Å². The third-order valence-electron chi connectivity index (χ3n) is 4.28. The van der Waals surface area contributed by atoms with Crippen molar-refractivity contribution in [1.29, 1.82) is 0 Å². The standard InChI is InChI=1S/C15H16F3NO4/c16-15(17,18)9-3-1-8(2-4-9)5-6-14(19,13(22)23)11-7-10(11)12(20)21/h1-4,10-11H,5-7,19H2,(H,20,21)(H,22,23)/t10-,11?,14+/m0/s1. The first kappa shape index (κ1) is 17.3. The largest absolute Gasteiger partial charge is 0.481 e. The van der Waals surface area contributed by atoms with E-state index < -0.39 is 41.1 Å². The molecule has 4 N–H and O–H groups in total. The lowest BCUT2D eigenvalue weighted by Crippen LogP contribution is -2.51. The quantitative estimate of drug-likeness (QED) is 0.741. The lowest BCUT2D eigenvalue weighted by Gasteiger charge is -2.25. The summed E-state index contributed by atoms with van der Waals surface area (Å²) < 4.78 is 37.4. The van der Waals surface area contributed by atoms with Crippen molar-refractivity contribution < 1.29 is 33.0 Å². The highest BCUT2D eigenvalue weighted by molar-refractivity contribution is 5.83. The first-order valence-corrected chi connectivity index (χ1v) is 6.97. The van der Waals surface area contributed by atoms with Gasteiger partial charge in [0.1, 0.15) is 5.54 Å². The third-order valence-corrected chi connectivity index (χ3v) is 4.28. The molecule has 5 nitrogen and oxygen atoms in total. The number of benzene rings is 1. The summed E-state index contributed by atoms with van der Waals surface area (Å²) in [5.74, 6) is -3.81. The van der Waals surface area contributed by atoms with Crippen LogP contribution in [-0.2, 0) is 22.2 Å². The molecule has 1 unspecified atom stereocenters. The lowest BCUT2D eigenvalue weighted by atomic mass is 9.86. The zero-order valence-electron chi connectivity index (χ0n) is 12.0. The van der Waals surface area contributed by atoms with E-state index in [4.69, 9.17) is 10.8 Å². The Morgan fingerprint density at radius 3 is 2.13 bits per heavy atom. The number of hydrogen-bond acceptors (Lipinski definition) is 3. The van der Waals surface area contributed by atoms with E-state index in [0.29, 0.717) is 5.56 Å². The Balaban J connectivity index is 2.05. The molecular formula is C15H16F3NO4. The minimum atomic E-state index is -4.43. The van der Waals surface area contributed by atoms with Crippen molar-refractivity contribution in [3.63, 3.8) is 0 Å². The van der Waals surface area contributed by atoms with Gasteiger partial charge in [0, 0.05) is 5.92 Å². The van der Waals surface area contributed by atoms with E-state index in [-0.39, 0.29) is 19.3 Å². The van der Waals surface area contributed by atoms with Gasteiger partial charge in [-0.3, -0.25) is 9.59 Å². The van der Waals surface area contributed by atoms with Crippen molar-refractivity contribution in [2.24, 2.45) is 17.6 Å². The molecule has 0 amide bonds. The Kier molecular flexibility index (Phi) is 4.39. The molecule has 1 fully saturated rings. The second kappa shape index (κ2) is 5.84. The molecule has 23 heavy (non-hydrogen) atoms. The summed E-state index contributed by atoms with van der Waals surface area (Å²) >= 11 is 0. The number of alkyl halides is 3. The predicted octanol–water partition coefficient (Wildman–Crippen LogP) is 2.14. The minimum absolute atomic E-state index is 0.0395. The summed E-state index contributed by atoms with van der Waals surface area (Å²) in [4.78, 5) is 22.3. The van der Waals surface area contributed by atoms with Gasteiger partial charge < -0.3 is 15.9 Å². The number of carboxylic acid groups (broad SMARTS) is 2. The fourth-order valence-corrected chi connectivity index (χ4v) is 2.70. The molecule has 2 rings (SSSR count). The summed E-state index contributed by atoms with van der Waals surface area (Å²) in [7, 11) is 0. The Labute approximate surface area is 129 Å². The minimum Gasteiger partial charge on any atom is -0.481 e. The molecule has 1 saturated carbocycles. The van der Waals surface area contributed by atoms with E-state index in [1.807, 2.05) is 0 Å². The third kappa shape index (κ3) is 3.64. The van der Waals surface area contributed by atoms with Gasteiger partial charge in [-0.2, -0.15) is 13.2 Å². The SMILES string of the molecule is N[C@@](CCc1ccc(C(F)(F)F)cc1)(C(=O)O)C1C[C@@H]1C(=O)O. The molecule has 0 bridgehead atoms. The number of nitrogens with two attached hydrogens (primary N) is 1. The number of halogens is 3. The number of carbonyl (C=O) groups is 2. The fourth-order valence-electron chi connectivity index (χ4n) is 2.70. The first-order chi connectivity index (χ1) is 10.6. The average Bonchev–Trinajstić information content (AvgIpc) is 3.25. The molecule has 1 aromatic carbocycles. The summed E-state index contributed by atoms with van der Waals surface area (Å²) in [5.41, 5.74) is 3.92. The van der Waals surface area contributed by atoms with Gasteiger partial charge in [0.2, 0.25) is 0 Å². The van der Waals surface area contributed by atoms with Gasteiger partial charge in [0.15, 0.2) is 0 Å². The Hall–Kier alpha value is -2.09. The highest BCUT2D eigenvalue weighted by atomic mass is 19.4. The normalized spacial score (nSPS) is 23.1. The molecule has 0 aliphatic heterocycles. The zero-order chi connectivity index (χ0) is 17.4. The van der Waals surface area contributed by atoms with Crippen LogP contribution in [-0.4, -0.2) is 27.7 Å². The monoisotopic (exact) mass is 331 g/mol. The summed E-state index contributed by atoms with van der Waals surface area (Å²) in [5, 5.41) is 18.2. The van der Waals surface area contributed by atoms with Gasteiger partial charge in [0.05, 0.1) is 11.5 Å². The molecule has 0 saturated heterocycles. The average molecular weight is 331 g/mol. The molecule has 3 atom stereocenters. The van der Waals surface area contributed by atoms with Gasteiger partial charge in [-0.1, -0.05) is 12.1 Å². The lowest BCUT2D eigenvalue weighted by molar-refractivity contribution is -0.145. The van der Waals surface area contributed by atoms with E-state index in [0.717, 1.165) is 12.1 Å². The highest BCUT2D eigenvalue weighted by Crippen LogP contribution is 2.47. The van der Waals surface area contributed by atoms with Gasteiger partial charge in [-0.15, -0.1) is 0 Å². The molecule has 0 spiro atoms. The molecule has 1 aliphatic rings. The molecular weight excluding hydrogens is 315 g/mol. The molecule has 1 aliphatic carbocycles. The fraction of sp³-hybridized carbons (Fsp3) is 0.467. The van der Waals surface area contributed by atoms with E-state index in [2.05, 4.69) is 0 Å². The van der Waals surface area contributed by atoms with Crippen molar-refractivity contribution in [2.75, 3.05) is 0 Å². The van der Waals surface area contributed by atoms with Crippen LogP contribution in [0.5, 0.6) is 0 Å². The predicted molar refractivity (Wildman–Crippen MR) is 73.6 cm³/mol. The number of aliphatic carboxylic acids is 2. The van der Waals surface area contributed by atoms with Gasteiger partial charge in [-0.25, -0.2) is 0 Å². The maximum atomic E-state index is 12.5. The van der Waals surface area contributed by atoms with Crippen LogP contribution in [0, 0.1) is 11.8 Å². The smallest absolute Gasteiger partial charge is 0.416 e. The van der Waals surface area contributed by atoms with Crippen molar-refractivity contribution in [1.82, 2.24) is 0 Å². The number of aryl methyl sites for hydroxylation is 1. The summed E-state index contributed by atoms with van der Waals surface area (Å²) in [6, 6.07) is 4.39. The van der Waals surface area contributed by atoms with Crippen molar-refractivity contribution in [2.45, 2.75) is 31.0 Å². The van der Waals surface area contributed by atoms with Crippen LogP contribution < -0.4 is 5.73 Å². The zero-order valence-corrected chi connectivity index (χ0v) is 12.0. The van der Waals surface area contributed by atoms with E-state index in [9.17, 15) is 27.9 Å². The molecule has 0 radical (unpaired) electrons. The van der Waals surface area contributed by atoms with Crippen LogP contribution in [0.1, 0.15) is 24.0 Å². The molecule has 126 valence electrons.